The summed E-state index contributed by atoms with van der Waals surface area (Å²) in [5, 5.41) is 10.3. The number of aromatic nitrogens is 1. The quantitative estimate of drug-likeness (QED) is 0.740. The summed E-state index contributed by atoms with van der Waals surface area (Å²) in [5.74, 6) is 0. The van der Waals surface area contributed by atoms with Crippen molar-refractivity contribution in [2.75, 3.05) is 0 Å². The van der Waals surface area contributed by atoms with E-state index in [1.165, 1.54) is 22.4 Å². The van der Waals surface area contributed by atoms with Gasteiger partial charge in [-0.15, -0.1) is 0 Å². The monoisotopic (exact) mass is 247 g/mol. The first kappa shape index (κ1) is 10.9. The van der Waals surface area contributed by atoms with E-state index in [0.29, 0.717) is 6.54 Å². The maximum Gasteiger partial charge on any atom is 0.0691 e. The molecule has 1 aromatic heterocycles. The first-order valence-corrected chi connectivity index (χ1v) is 6.18. The number of nitrogens with zero attached hydrogens (tertiary/aromatic N) is 1. The van der Waals surface area contributed by atoms with E-state index in [1.807, 2.05) is 18.3 Å². The van der Waals surface area contributed by atoms with Crippen molar-refractivity contribution in [2.24, 2.45) is 0 Å². The van der Waals surface area contributed by atoms with Crippen LogP contribution in [-0.4, -0.2) is 15.8 Å². The third-order valence-corrected chi connectivity index (χ3v) is 3.60. The molecule has 0 spiro atoms. The molecule has 1 aromatic carbocycles. The lowest BCUT2D eigenvalue weighted by Crippen LogP contribution is -2.11. The highest BCUT2D eigenvalue weighted by molar-refractivity contribution is 6.32. The number of hydrogen-bond acceptors (Lipinski definition) is 1. The van der Waals surface area contributed by atoms with Gasteiger partial charge in [0.2, 0.25) is 0 Å². The van der Waals surface area contributed by atoms with Gasteiger partial charge in [-0.1, -0.05) is 23.7 Å². The molecule has 1 N–H and O–H groups in total. The molecule has 17 heavy (non-hydrogen) atoms. The summed E-state index contributed by atoms with van der Waals surface area (Å²) in [5.41, 5.74) is 4.93. The summed E-state index contributed by atoms with van der Waals surface area (Å²) >= 11 is 6.22. The van der Waals surface area contributed by atoms with Gasteiger partial charge < -0.3 is 9.67 Å². The second kappa shape index (κ2) is 3.90. The van der Waals surface area contributed by atoms with Crippen LogP contribution in [0.15, 0.2) is 30.5 Å². The van der Waals surface area contributed by atoms with Crippen molar-refractivity contribution in [3.63, 3.8) is 0 Å². The molecule has 88 valence electrons. The number of aliphatic hydroxyl groups is 1. The molecule has 3 rings (SSSR count). The third kappa shape index (κ3) is 1.68. The van der Waals surface area contributed by atoms with E-state index in [9.17, 15) is 5.11 Å². The van der Waals surface area contributed by atoms with Gasteiger partial charge in [0.05, 0.1) is 11.8 Å². The molecule has 0 aliphatic heterocycles. The van der Waals surface area contributed by atoms with Crippen LogP contribution in [0.3, 0.4) is 0 Å². The zero-order valence-corrected chi connectivity index (χ0v) is 10.4. The Labute approximate surface area is 105 Å². The molecule has 1 aliphatic rings. The van der Waals surface area contributed by atoms with Crippen molar-refractivity contribution in [1.82, 2.24) is 4.57 Å². The molecule has 0 bridgehead atoms. The Balaban J connectivity index is 2.13. The van der Waals surface area contributed by atoms with Gasteiger partial charge in [0.15, 0.2) is 0 Å². The number of fused-ring (bicyclic) bond motifs is 3. The SMILES string of the molecule is C[C@H](O)Cn1ccc2c1-c1cccc(Cl)c1C2. The number of hydrogen-bond donors (Lipinski definition) is 1. The number of benzene rings is 1. The minimum Gasteiger partial charge on any atom is -0.392 e. The summed E-state index contributed by atoms with van der Waals surface area (Å²) in [4.78, 5) is 0. The van der Waals surface area contributed by atoms with E-state index in [4.69, 9.17) is 11.6 Å². The second-order valence-electron chi connectivity index (χ2n) is 4.63. The molecule has 0 saturated heterocycles. The average molecular weight is 248 g/mol. The standard InChI is InChI=1S/C14H14ClNO/c1-9(17)8-16-6-5-10-7-12-11(14(10)16)3-2-4-13(12)15/h2-6,9,17H,7-8H2,1H3/t9-/m0/s1. The molecule has 0 amide bonds. The Hall–Kier alpha value is -1.25. The van der Waals surface area contributed by atoms with Crippen LogP contribution in [0.5, 0.6) is 0 Å². The van der Waals surface area contributed by atoms with Crippen LogP contribution in [0.2, 0.25) is 5.02 Å². The lowest BCUT2D eigenvalue weighted by atomic mass is 10.1. The molecule has 0 radical (unpaired) electrons. The summed E-state index contributed by atoms with van der Waals surface area (Å²) in [6.07, 6.45) is 2.60. The highest BCUT2D eigenvalue weighted by atomic mass is 35.5. The fourth-order valence-corrected chi connectivity index (χ4v) is 2.82. The van der Waals surface area contributed by atoms with Gasteiger partial charge in [0.25, 0.3) is 0 Å². The van der Waals surface area contributed by atoms with E-state index < -0.39 is 0 Å². The Kier molecular flexibility index (Phi) is 2.49. The van der Waals surface area contributed by atoms with Crippen LogP contribution in [-0.2, 0) is 13.0 Å². The summed E-state index contributed by atoms with van der Waals surface area (Å²) in [7, 11) is 0. The molecule has 2 nitrogen and oxygen atoms in total. The van der Waals surface area contributed by atoms with Crippen LogP contribution in [0, 0.1) is 0 Å². The lowest BCUT2D eigenvalue weighted by Gasteiger charge is -2.11. The number of aliphatic hydroxyl groups excluding tert-OH is 1. The number of rotatable bonds is 2. The van der Waals surface area contributed by atoms with E-state index in [-0.39, 0.29) is 6.10 Å². The molecule has 1 heterocycles. The zero-order valence-electron chi connectivity index (χ0n) is 9.65. The van der Waals surface area contributed by atoms with Crippen molar-refractivity contribution >= 4 is 11.6 Å². The van der Waals surface area contributed by atoms with Crippen LogP contribution in [0.1, 0.15) is 18.1 Å². The highest BCUT2D eigenvalue weighted by Crippen LogP contribution is 2.40. The largest absolute Gasteiger partial charge is 0.392 e. The Bertz CT molecular complexity index is 572. The average Bonchev–Trinajstić information content (AvgIpc) is 2.79. The van der Waals surface area contributed by atoms with Gasteiger partial charge in [0.1, 0.15) is 0 Å². The molecule has 0 unspecified atom stereocenters. The van der Waals surface area contributed by atoms with Gasteiger partial charge in [-0.05, 0) is 30.2 Å². The van der Waals surface area contributed by atoms with Crippen molar-refractivity contribution in [1.29, 1.82) is 0 Å². The maximum absolute atomic E-state index is 9.51. The number of halogens is 1. The van der Waals surface area contributed by atoms with Crippen molar-refractivity contribution in [2.45, 2.75) is 26.0 Å². The minimum atomic E-state index is -0.338. The first-order valence-electron chi connectivity index (χ1n) is 5.80. The predicted octanol–water partition coefficient (Wildman–Crippen LogP) is 3.09. The molecular weight excluding hydrogens is 234 g/mol. The smallest absolute Gasteiger partial charge is 0.0691 e. The molecule has 3 heteroatoms. The fourth-order valence-electron chi connectivity index (χ4n) is 2.58. The normalized spacial score (nSPS) is 14.5. The Morgan fingerprint density at radius 2 is 2.24 bits per heavy atom. The zero-order chi connectivity index (χ0) is 12.0. The van der Waals surface area contributed by atoms with Crippen molar-refractivity contribution in [3.05, 3.63) is 46.6 Å². The van der Waals surface area contributed by atoms with E-state index >= 15 is 0 Å². The van der Waals surface area contributed by atoms with Crippen LogP contribution in [0.25, 0.3) is 11.3 Å². The van der Waals surface area contributed by atoms with Crippen LogP contribution >= 0.6 is 11.6 Å². The molecule has 0 saturated carbocycles. The summed E-state index contributed by atoms with van der Waals surface area (Å²) in [6, 6.07) is 8.14. The topological polar surface area (TPSA) is 25.2 Å². The second-order valence-corrected chi connectivity index (χ2v) is 5.04. The Morgan fingerprint density at radius 3 is 3.00 bits per heavy atom. The highest BCUT2D eigenvalue weighted by Gasteiger charge is 2.24. The van der Waals surface area contributed by atoms with Crippen LogP contribution < -0.4 is 0 Å². The summed E-state index contributed by atoms with van der Waals surface area (Å²) in [6.45, 7) is 2.43. The van der Waals surface area contributed by atoms with Gasteiger partial charge >= 0.3 is 0 Å². The van der Waals surface area contributed by atoms with Gasteiger partial charge in [0, 0.05) is 29.7 Å². The van der Waals surface area contributed by atoms with Gasteiger partial charge in [-0.3, -0.25) is 0 Å². The summed E-state index contributed by atoms with van der Waals surface area (Å²) < 4.78 is 2.11. The van der Waals surface area contributed by atoms with Crippen molar-refractivity contribution in [3.8, 4) is 11.3 Å². The third-order valence-electron chi connectivity index (χ3n) is 3.25. The molecular formula is C14H14ClNO. The predicted molar refractivity (Wildman–Crippen MR) is 69.4 cm³/mol. The van der Waals surface area contributed by atoms with Gasteiger partial charge in [-0.25, -0.2) is 0 Å². The van der Waals surface area contributed by atoms with Crippen LogP contribution in [0.4, 0.5) is 0 Å². The van der Waals surface area contributed by atoms with E-state index in [2.05, 4.69) is 16.7 Å². The molecule has 1 aliphatic carbocycles. The Morgan fingerprint density at radius 1 is 1.41 bits per heavy atom. The first-order chi connectivity index (χ1) is 8.16. The molecule has 0 fully saturated rings. The minimum absolute atomic E-state index is 0.338. The molecule has 2 aromatic rings. The maximum atomic E-state index is 9.51. The van der Waals surface area contributed by atoms with E-state index in [0.717, 1.165) is 11.4 Å². The molecule has 1 atom stereocenters. The fraction of sp³-hybridized carbons (Fsp3) is 0.286. The van der Waals surface area contributed by atoms with Crippen molar-refractivity contribution < 1.29 is 5.11 Å². The van der Waals surface area contributed by atoms with Gasteiger partial charge in [-0.2, -0.15) is 0 Å². The lowest BCUT2D eigenvalue weighted by molar-refractivity contribution is 0.174. The van der Waals surface area contributed by atoms with E-state index in [1.54, 1.807) is 6.92 Å².